The van der Waals surface area contributed by atoms with Crippen LogP contribution < -0.4 is 5.73 Å². The van der Waals surface area contributed by atoms with Crippen LogP contribution in [0.15, 0.2) is 66.2 Å². The Morgan fingerprint density at radius 1 is 1.04 bits per heavy atom. The number of fused-ring (bicyclic) bond motifs is 1. The molecule has 0 atom stereocenters. The molecule has 4 aromatic rings. The number of nitrogens with two attached hydrogens (primary N) is 1. The quantitative estimate of drug-likeness (QED) is 0.542. The largest absolute Gasteiger partial charge is 0.398 e. The highest BCUT2D eigenvalue weighted by Gasteiger charge is 2.17. The van der Waals surface area contributed by atoms with E-state index in [-0.39, 0.29) is 0 Å². The Hall–Kier alpha value is -2.63. The molecule has 4 rings (SSSR count). The van der Waals surface area contributed by atoms with E-state index >= 15 is 0 Å². The molecule has 0 saturated heterocycles. The molecule has 0 bridgehead atoms. The molecule has 0 unspecified atom stereocenters. The van der Waals surface area contributed by atoms with Crippen LogP contribution in [0.1, 0.15) is 18.2 Å². The van der Waals surface area contributed by atoms with Gasteiger partial charge in [0.25, 0.3) is 0 Å². The Labute approximate surface area is 157 Å². The van der Waals surface area contributed by atoms with Crippen LogP contribution in [0.2, 0.25) is 0 Å². The van der Waals surface area contributed by atoms with Crippen molar-refractivity contribution in [3.05, 3.63) is 77.4 Å². The van der Waals surface area contributed by atoms with Crippen LogP contribution in [0.5, 0.6) is 0 Å². The van der Waals surface area contributed by atoms with Crippen LogP contribution in [-0.2, 0) is 13.1 Å². The maximum atomic E-state index is 6.05. The van der Waals surface area contributed by atoms with Gasteiger partial charge in [-0.2, -0.15) is 0 Å². The smallest absolute Gasteiger partial charge is 0.137 e. The fourth-order valence-corrected chi connectivity index (χ4v) is 3.94. The number of imidazole rings is 1. The molecule has 0 saturated carbocycles. The van der Waals surface area contributed by atoms with E-state index in [1.165, 1.54) is 16.1 Å². The topological polar surface area (TPSA) is 46.6 Å². The van der Waals surface area contributed by atoms with E-state index in [1.807, 2.05) is 18.3 Å². The van der Waals surface area contributed by atoms with Crippen LogP contribution in [0.3, 0.4) is 0 Å². The van der Waals surface area contributed by atoms with Crippen LogP contribution in [-0.4, -0.2) is 20.8 Å². The van der Waals surface area contributed by atoms with Gasteiger partial charge < -0.3 is 5.73 Å². The number of aromatic nitrogens is 2. The number of hydrogen-bond acceptors (Lipinski definition) is 4. The van der Waals surface area contributed by atoms with Crippen molar-refractivity contribution in [1.82, 2.24) is 14.3 Å². The summed E-state index contributed by atoms with van der Waals surface area (Å²) in [5, 5.41) is 2.10. The third kappa shape index (κ3) is 3.36. The second-order valence-corrected chi connectivity index (χ2v) is 7.31. The van der Waals surface area contributed by atoms with Crippen LogP contribution in [0, 0.1) is 0 Å². The first-order valence-corrected chi connectivity index (χ1v) is 9.69. The summed E-state index contributed by atoms with van der Waals surface area (Å²) in [4.78, 5) is 8.50. The van der Waals surface area contributed by atoms with E-state index in [0.717, 1.165) is 36.7 Å². The van der Waals surface area contributed by atoms with Gasteiger partial charge in [0.2, 0.25) is 0 Å². The molecule has 0 spiro atoms. The second kappa shape index (κ2) is 7.32. The van der Waals surface area contributed by atoms with E-state index in [1.54, 1.807) is 11.3 Å². The zero-order chi connectivity index (χ0) is 17.9. The first-order valence-electron chi connectivity index (χ1n) is 8.81. The molecule has 0 radical (unpaired) electrons. The molecule has 26 heavy (non-hydrogen) atoms. The zero-order valence-corrected chi connectivity index (χ0v) is 15.6. The summed E-state index contributed by atoms with van der Waals surface area (Å²) >= 11 is 1.72. The van der Waals surface area contributed by atoms with Crippen molar-refractivity contribution in [2.45, 2.75) is 20.0 Å². The highest BCUT2D eigenvalue weighted by atomic mass is 32.1. The van der Waals surface area contributed by atoms with Crippen molar-refractivity contribution < 1.29 is 0 Å². The number of nitrogen functional groups attached to an aromatic ring is 1. The van der Waals surface area contributed by atoms with Gasteiger partial charge in [-0.3, -0.25) is 9.30 Å². The van der Waals surface area contributed by atoms with Gasteiger partial charge in [-0.25, -0.2) is 4.98 Å². The Balaban J connectivity index is 1.74. The molecule has 0 fully saturated rings. The normalized spacial score (nSPS) is 11.5. The number of rotatable bonds is 6. The van der Waals surface area contributed by atoms with Gasteiger partial charge in [0.1, 0.15) is 11.3 Å². The number of thiophene rings is 1. The summed E-state index contributed by atoms with van der Waals surface area (Å²) in [5.41, 5.74) is 11.3. The SMILES string of the molecule is CCN(Cc1ccccc1)Cc1c(-c2cccs2)nc2ccc(N)cn12. The number of hydrogen-bond donors (Lipinski definition) is 1. The first kappa shape index (κ1) is 16.8. The standard InChI is InChI=1S/C21H22N4S/c1-2-24(13-16-7-4-3-5-8-16)15-18-21(19-9-6-12-26-19)23-20-11-10-17(22)14-25(18)20/h3-12,14H,2,13,15,22H2,1H3. The predicted octanol–water partition coefficient (Wildman–Crippen LogP) is 4.67. The van der Waals surface area contributed by atoms with Crippen molar-refractivity contribution >= 4 is 22.7 Å². The molecule has 3 heterocycles. The van der Waals surface area contributed by atoms with Gasteiger partial charge in [-0.15, -0.1) is 11.3 Å². The lowest BCUT2D eigenvalue weighted by Gasteiger charge is -2.21. The van der Waals surface area contributed by atoms with Gasteiger partial charge in [-0.05, 0) is 35.7 Å². The van der Waals surface area contributed by atoms with Gasteiger partial charge in [-0.1, -0.05) is 43.3 Å². The van der Waals surface area contributed by atoms with Crippen LogP contribution in [0.25, 0.3) is 16.2 Å². The highest BCUT2D eigenvalue weighted by Crippen LogP contribution is 2.30. The maximum absolute atomic E-state index is 6.05. The lowest BCUT2D eigenvalue weighted by molar-refractivity contribution is 0.268. The van der Waals surface area contributed by atoms with Crippen molar-refractivity contribution in [1.29, 1.82) is 0 Å². The van der Waals surface area contributed by atoms with Gasteiger partial charge in [0.15, 0.2) is 0 Å². The fraction of sp³-hybridized carbons (Fsp3) is 0.190. The first-order chi connectivity index (χ1) is 12.7. The molecular formula is C21H22N4S. The molecule has 0 aliphatic rings. The van der Waals surface area contributed by atoms with Crippen molar-refractivity contribution in [3.63, 3.8) is 0 Å². The molecule has 4 nitrogen and oxygen atoms in total. The molecule has 3 aromatic heterocycles. The molecule has 5 heteroatoms. The Morgan fingerprint density at radius 3 is 2.62 bits per heavy atom. The van der Waals surface area contributed by atoms with Gasteiger partial charge in [0.05, 0.1) is 10.6 Å². The molecule has 1 aromatic carbocycles. The number of pyridine rings is 1. The monoisotopic (exact) mass is 362 g/mol. The average Bonchev–Trinajstić information content (AvgIpc) is 3.30. The number of nitrogens with zero attached hydrogens (tertiary/aromatic N) is 3. The molecular weight excluding hydrogens is 340 g/mol. The third-order valence-corrected chi connectivity index (χ3v) is 5.44. The number of benzene rings is 1. The summed E-state index contributed by atoms with van der Waals surface area (Å²) in [7, 11) is 0. The van der Waals surface area contributed by atoms with E-state index in [2.05, 4.69) is 64.1 Å². The minimum absolute atomic E-state index is 0.750. The van der Waals surface area contributed by atoms with Gasteiger partial charge in [0, 0.05) is 25.0 Å². The average molecular weight is 363 g/mol. The van der Waals surface area contributed by atoms with Gasteiger partial charge >= 0.3 is 0 Å². The highest BCUT2D eigenvalue weighted by molar-refractivity contribution is 7.13. The minimum Gasteiger partial charge on any atom is -0.398 e. The van der Waals surface area contributed by atoms with E-state index in [4.69, 9.17) is 10.7 Å². The van der Waals surface area contributed by atoms with Crippen molar-refractivity contribution in [2.75, 3.05) is 12.3 Å². The molecule has 0 amide bonds. The number of anilines is 1. The fourth-order valence-electron chi connectivity index (χ4n) is 3.20. The van der Waals surface area contributed by atoms with Crippen LogP contribution in [0.4, 0.5) is 5.69 Å². The van der Waals surface area contributed by atoms with E-state index in [0.29, 0.717) is 0 Å². The second-order valence-electron chi connectivity index (χ2n) is 6.36. The molecule has 2 N–H and O–H groups in total. The minimum atomic E-state index is 0.750. The predicted molar refractivity (Wildman–Crippen MR) is 109 cm³/mol. The molecule has 132 valence electrons. The van der Waals surface area contributed by atoms with Crippen molar-refractivity contribution in [3.8, 4) is 10.6 Å². The summed E-state index contributed by atoms with van der Waals surface area (Å²) in [5.74, 6) is 0. The maximum Gasteiger partial charge on any atom is 0.137 e. The summed E-state index contributed by atoms with van der Waals surface area (Å²) in [6.07, 6.45) is 1.98. The Kier molecular flexibility index (Phi) is 4.73. The lowest BCUT2D eigenvalue weighted by atomic mass is 10.2. The van der Waals surface area contributed by atoms with E-state index in [9.17, 15) is 0 Å². The molecule has 0 aliphatic heterocycles. The summed E-state index contributed by atoms with van der Waals surface area (Å²) in [6, 6.07) is 18.7. The zero-order valence-electron chi connectivity index (χ0n) is 14.8. The third-order valence-electron chi connectivity index (χ3n) is 4.56. The Bertz CT molecular complexity index is 990. The van der Waals surface area contributed by atoms with E-state index < -0.39 is 0 Å². The Morgan fingerprint density at radius 2 is 1.88 bits per heavy atom. The van der Waals surface area contributed by atoms with Crippen molar-refractivity contribution in [2.24, 2.45) is 0 Å². The summed E-state index contributed by atoms with van der Waals surface area (Å²) in [6.45, 7) is 4.90. The lowest BCUT2D eigenvalue weighted by Crippen LogP contribution is -2.23. The van der Waals surface area contributed by atoms with Crippen LogP contribution >= 0.6 is 11.3 Å². The molecule has 0 aliphatic carbocycles. The summed E-state index contributed by atoms with van der Waals surface area (Å²) < 4.78 is 2.14.